The largest absolute Gasteiger partial charge is 0.379 e. The Labute approximate surface area is 213 Å². The first-order chi connectivity index (χ1) is 16.9. The molecule has 186 valence electrons. The van der Waals surface area contributed by atoms with Crippen molar-refractivity contribution in [2.75, 3.05) is 39.4 Å². The van der Waals surface area contributed by atoms with Crippen molar-refractivity contribution in [3.63, 3.8) is 0 Å². The third kappa shape index (κ3) is 6.90. The third-order valence-electron chi connectivity index (χ3n) is 6.71. The van der Waals surface area contributed by atoms with E-state index in [2.05, 4.69) is 71.2 Å². The number of H-pyrrole nitrogens is 1. The van der Waals surface area contributed by atoms with E-state index in [1.165, 1.54) is 16.7 Å². The molecule has 0 saturated carbocycles. The summed E-state index contributed by atoms with van der Waals surface area (Å²) in [6.07, 6.45) is 1.01. The van der Waals surface area contributed by atoms with Crippen molar-refractivity contribution in [2.45, 2.75) is 40.3 Å². The average molecular weight is 493 g/mol. The summed E-state index contributed by atoms with van der Waals surface area (Å²) in [5, 5.41) is 5.15. The maximum atomic E-state index is 13.0. The summed E-state index contributed by atoms with van der Waals surface area (Å²) >= 11 is 5.82. The Morgan fingerprint density at radius 3 is 2.51 bits per heavy atom. The molecule has 2 aromatic carbocycles. The Kier molecular flexibility index (Phi) is 8.55. The van der Waals surface area contributed by atoms with Gasteiger partial charge in [-0.05, 0) is 86.2 Å². The van der Waals surface area contributed by atoms with Gasteiger partial charge in [0.05, 0.1) is 19.8 Å². The van der Waals surface area contributed by atoms with Gasteiger partial charge in [-0.2, -0.15) is 0 Å². The molecular formula is C28H36N4O2S. The highest BCUT2D eigenvalue weighted by molar-refractivity contribution is 7.80. The van der Waals surface area contributed by atoms with Crippen molar-refractivity contribution in [1.82, 2.24) is 20.1 Å². The second kappa shape index (κ2) is 11.8. The summed E-state index contributed by atoms with van der Waals surface area (Å²) in [6.45, 7) is 12.8. The van der Waals surface area contributed by atoms with Crippen LogP contribution in [-0.2, 0) is 17.8 Å². The van der Waals surface area contributed by atoms with Crippen LogP contribution in [0.3, 0.4) is 0 Å². The van der Waals surface area contributed by atoms with Gasteiger partial charge < -0.3 is 19.9 Å². The number of nitrogens with zero attached hydrogens (tertiary/aromatic N) is 2. The maximum absolute atomic E-state index is 13.0. The van der Waals surface area contributed by atoms with Crippen LogP contribution in [0, 0.1) is 20.8 Å². The molecule has 6 nitrogen and oxygen atoms in total. The number of hydrogen-bond donors (Lipinski definition) is 2. The summed E-state index contributed by atoms with van der Waals surface area (Å²) in [4.78, 5) is 20.5. The fourth-order valence-electron chi connectivity index (χ4n) is 4.39. The molecule has 35 heavy (non-hydrogen) atoms. The number of benzene rings is 2. The van der Waals surface area contributed by atoms with Crippen molar-refractivity contribution in [3.8, 4) is 0 Å². The molecule has 4 rings (SSSR count). The highest BCUT2D eigenvalue weighted by atomic mass is 32.1. The highest BCUT2D eigenvalue weighted by Crippen LogP contribution is 2.18. The van der Waals surface area contributed by atoms with Crippen LogP contribution in [0.2, 0.25) is 0 Å². The summed E-state index contributed by atoms with van der Waals surface area (Å²) < 4.78 is 5.43. The second-order valence-electron chi connectivity index (χ2n) is 9.53. The molecule has 0 atom stereocenters. The molecule has 1 fully saturated rings. The van der Waals surface area contributed by atoms with Crippen LogP contribution in [0.5, 0.6) is 0 Å². The summed E-state index contributed by atoms with van der Waals surface area (Å²) in [7, 11) is 0. The van der Waals surface area contributed by atoms with Crippen molar-refractivity contribution < 1.29 is 4.74 Å². The number of hydrogen-bond acceptors (Lipinski definition) is 4. The van der Waals surface area contributed by atoms with Crippen LogP contribution >= 0.6 is 12.2 Å². The van der Waals surface area contributed by atoms with Gasteiger partial charge in [0, 0.05) is 37.3 Å². The minimum atomic E-state index is -0.0650. The van der Waals surface area contributed by atoms with E-state index in [1.54, 1.807) is 0 Å². The van der Waals surface area contributed by atoms with Crippen LogP contribution in [-0.4, -0.2) is 59.3 Å². The zero-order valence-corrected chi connectivity index (χ0v) is 21.8. The summed E-state index contributed by atoms with van der Waals surface area (Å²) in [5.41, 5.74) is 6.29. The molecule has 1 aliphatic heterocycles. The smallest absolute Gasteiger partial charge is 0.253 e. The number of fused-ring (bicyclic) bond motifs is 1. The Bertz CT molecular complexity index is 1220. The van der Waals surface area contributed by atoms with Crippen molar-refractivity contribution in [3.05, 3.63) is 80.6 Å². The number of thiocarbonyl (C=S) groups is 1. The predicted octanol–water partition coefficient (Wildman–Crippen LogP) is 4.05. The molecule has 1 saturated heterocycles. The van der Waals surface area contributed by atoms with Gasteiger partial charge in [0.25, 0.3) is 5.56 Å². The van der Waals surface area contributed by atoms with E-state index in [0.29, 0.717) is 23.8 Å². The fourth-order valence-corrected chi connectivity index (χ4v) is 4.62. The number of aryl methyl sites for hydroxylation is 3. The van der Waals surface area contributed by atoms with Crippen LogP contribution in [0.25, 0.3) is 10.9 Å². The number of aromatic nitrogens is 1. The molecule has 0 amide bonds. The lowest BCUT2D eigenvalue weighted by Gasteiger charge is -2.28. The number of morpholine rings is 1. The molecule has 3 aromatic rings. The minimum absolute atomic E-state index is 0.0650. The van der Waals surface area contributed by atoms with Crippen molar-refractivity contribution in [2.24, 2.45) is 0 Å². The van der Waals surface area contributed by atoms with Crippen LogP contribution in [0.4, 0.5) is 0 Å². The molecule has 2 N–H and O–H groups in total. The predicted molar refractivity (Wildman–Crippen MR) is 147 cm³/mol. The molecule has 0 unspecified atom stereocenters. The standard InChI is InChI=1S/C28H36N4O2S/c1-20-5-7-23(8-6-20)18-32(28(35)29-9-4-10-31-11-13-34-14-12-31)19-25-17-24-15-21(2)22(3)16-26(24)30-27(25)33/h5-8,15-17H,4,9-14,18-19H2,1-3H3,(H,29,35)(H,30,33). The number of aromatic amines is 1. The normalized spacial score (nSPS) is 14.3. The lowest BCUT2D eigenvalue weighted by Crippen LogP contribution is -2.42. The zero-order valence-electron chi connectivity index (χ0n) is 21.0. The van der Waals surface area contributed by atoms with E-state index < -0.39 is 0 Å². The number of nitrogens with one attached hydrogen (secondary N) is 2. The first kappa shape index (κ1) is 25.4. The fraction of sp³-hybridized carbons (Fsp3) is 0.429. The first-order valence-electron chi connectivity index (χ1n) is 12.4. The molecule has 0 spiro atoms. The molecule has 7 heteroatoms. The zero-order chi connectivity index (χ0) is 24.8. The van der Waals surface area contributed by atoms with Crippen LogP contribution < -0.4 is 10.9 Å². The number of ether oxygens (including phenoxy) is 1. The van der Waals surface area contributed by atoms with Gasteiger partial charge in [-0.1, -0.05) is 29.8 Å². The van der Waals surface area contributed by atoms with E-state index >= 15 is 0 Å². The summed E-state index contributed by atoms with van der Waals surface area (Å²) in [6, 6.07) is 14.7. The molecule has 0 radical (unpaired) electrons. The molecular weight excluding hydrogens is 456 g/mol. The Balaban J connectivity index is 1.48. The summed E-state index contributed by atoms with van der Waals surface area (Å²) in [5.74, 6) is 0. The second-order valence-corrected chi connectivity index (χ2v) is 9.92. The van der Waals surface area contributed by atoms with E-state index in [0.717, 1.165) is 62.3 Å². The Hall–Kier alpha value is -2.74. The van der Waals surface area contributed by atoms with E-state index in [4.69, 9.17) is 17.0 Å². The highest BCUT2D eigenvalue weighted by Gasteiger charge is 2.15. The minimum Gasteiger partial charge on any atom is -0.379 e. The van der Waals surface area contributed by atoms with Crippen molar-refractivity contribution in [1.29, 1.82) is 0 Å². The van der Waals surface area contributed by atoms with Gasteiger partial charge in [0.15, 0.2) is 5.11 Å². The Morgan fingerprint density at radius 2 is 1.77 bits per heavy atom. The maximum Gasteiger partial charge on any atom is 0.253 e. The van der Waals surface area contributed by atoms with Crippen molar-refractivity contribution >= 4 is 28.2 Å². The monoisotopic (exact) mass is 492 g/mol. The molecule has 1 aromatic heterocycles. The van der Waals surface area contributed by atoms with Gasteiger partial charge in [0.2, 0.25) is 0 Å². The van der Waals surface area contributed by atoms with Gasteiger partial charge in [-0.15, -0.1) is 0 Å². The topological polar surface area (TPSA) is 60.6 Å². The van der Waals surface area contributed by atoms with Gasteiger partial charge >= 0.3 is 0 Å². The number of rotatable bonds is 8. The Morgan fingerprint density at radius 1 is 1.06 bits per heavy atom. The van der Waals surface area contributed by atoms with E-state index in [-0.39, 0.29) is 5.56 Å². The van der Waals surface area contributed by atoms with E-state index in [1.807, 2.05) is 12.1 Å². The van der Waals surface area contributed by atoms with E-state index in [9.17, 15) is 4.79 Å². The average Bonchev–Trinajstić information content (AvgIpc) is 2.85. The third-order valence-corrected chi connectivity index (χ3v) is 7.11. The molecule has 0 bridgehead atoms. The van der Waals surface area contributed by atoms with Crippen LogP contribution in [0.1, 0.15) is 34.2 Å². The quantitative estimate of drug-likeness (QED) is 0.365. The number of pyridine rings is 1. The van der Waals surface area contributed by atoms with Gasteiger partial charge in [-0.25, -0.2) is 0 Å². The lowest BCUT2D eigenvalue weighted by molar-refractivity contribution is 0.0376. The van der Waals surface area contributed by atoms with Gasteiger partial charge in [0.1, 0.15) is 0 Å². The SMILES string of the molecule is Cc1ccc(CN(Cc2cc3cc(C)c(C)cc3[nH]c2=O)C(=S)NCCCN2CCOCC2)cc1. The van der Waals surface area contributed by atoms with Gasteiger partial charge in [-0.3, -0.25) is 9.69 Å². The molecule has 0 aliphatic carbocycles. The first-order valence-corrected chi connectivity index (χ1v) is 12.8. The molecule has 1 aliphatic rings. The lowest BCUT2D eigenvalue weighted by atomic mass is 10.0. The molecule has 2 heterocycles. The van der Waals surface area contributed by atoms with Crippen LogP contribution in [0.15, 0.2) is 47.3 Å².